The Morgan fingerprint density at radius 2 is 0.250 bits per heavy atom. The zero-order valence-electron chi connectivity index (χ0n) is 3.58. The SMILES string of the molecule is SS.SS.SS.SS. The molecule has 0 nitrogen and oxygen atoms in total. The summed E-state index contributed by atoms with van der Waals surface area (Å²) in [5.74, 6) is 0. The molecule has 0 amide bonds. The summed E-state index contributed by atoms with van der Waals surface area (Å²) in [6.45, 7) is 0. The fraction of sp³-hybridized carbons (Fsp3) is 0. The first kappa shape index (κ1) is 22.4. The van der Waals surface area contributed by atoms with Gasteiger partial charge in [0.05, 0.1) is 0 Å². The van der Waals surface area contributed by atoms with Crippen LogP contribution in [0, 0.1) is 0 Å². The van der Waals surface area contributed by atoms with Crippen LogP contribution in [0.2, 0.25) is 0 Å². The van der Waals surface area contributed by atoms with Gasteiger partial charge in [0.25, 0.3) is 0 Å². The highest BCUT2D eigenvalue weighted by Gasteiger charge is 0.891. The van der Waals surface area contributed by atoms with E-state index in [4.69, 9.17) is 0 Å². The van der Waals surface area contributed by atoms with Crippen molar-refractivity contribution < 1.29 is 0 Å². The minimum absolute atomic E-state index is 3.22. The molecule has 0 saturated carbocycles. The Balaban J connectivity index is -0.0000000133. The second kappa shape index (κ2) is 96.8. The van der Waals surface area contributed by atoms with E-state index < -0.39 is 0 Å². The van der Waals surface area contributed by atoms with Crippen LogP contribution in [0.15, 0.2) is 0 Å². The van der Waals surface area contributed by atoms with E-state index in [9.17, 15) is 0 Å². The lowest BCUT2D eigenvalue weighted by Crippen LogP contribution is -0.352. The average molecular weight is 265 g/mol. The second-order valence-corrected chi connectivity index (χ2v) is 0. The molecule has 0 unspecified atom stereocenters. The molecule has 0 aromatic rings. The van der Waals surface area contributed by atoms with Crippen LogP contribution >= 0.6 is 93.3 Å². The van der Waals surface area contributed by atoms with Crippen molar-refractivity contribution >= 4 is 93.3 Å². The van der Waals surface area contributed by atoms with Gasteiger partial charge in [-0.15, -0.1) is 93.3 Å². The lowest BCUT2D eigenvalue weighted by Gasteiger charge is -1.11. The molecule has 0 radical (unpaired) electrons. The third-order valence-corrected chi connectivity index (χ3v) is 0. The largest absolute Gasteiger partial charge is 0.115 e. The second-order valence-electron chi connectivity index (χ2n) is 0. The third-order valence-electron chi connectivity index (χ3n) is 0. The van der Waals surface area contributed by atoms with Gasteiger partial charge in [-0.1, -0.05) is 0 Å². The van der Waals surface area contributed by atoms with Gasteiger partial charge >= 0.3 is 0 Å². The highest BCUT2D eigenvalue weighted by molar-refractivity contribution is 8.60. The molecular formula is H8S8. The maximum Gasteiger partial charge on any atom is -0.115 e. The van der Waals surface area contributed by atoms with Gasteiger partial charge in [-0.3, -0.25) is 0 Å². The van der Waals surface area contributed by atoms with Crippen LogP contribution in [0.3, 0.4) is 0 Å². The monoisotopic (exact) mass is 264 g/mol. The molecule has 0 saturated heterocycles. The zero-order valence-corrected chi connectivity index (χ0v) is 10.7. The summed E-state index contributed by atoms with van der Waals surface area (Å²) in [7, 11) is 0. The van der Waals surface area contributed by atoms with Gasteiger partial charge in [-0.2, -0.15) is 0 Å². The van der Waals surface area contributed by atoms with Crippen LogP contribution in [0.4, 0.5) is 0 Å². The minimum Gasteiger partial charge on any atom is -0.115 e. The maximum absolute atomic E-state index is 3.22. The summed E-state index contributed by atoms with van der Waals surface area (Å²) in [5.41, 5.74) is 0. The predicted molar refractivity (Wildman–Crippen MR) is 71.9 cm³/mol. The summed E-state index contributed by atoms with van der Waals surface area (Å²) >= 11 is 25.8. The molecule has 0 aromatic carbocycles. The van der Waals surface area contributed by atoms with E-state index in [2.05, 4.69) is 93.3 Å². The first-order valence-electron chi connectivity index (χ1n) is 0.800. The van der Waals surface area contributed by atoms with Gasteiger partial charge in [0.2, 0.25) is 0 Å². The number of hydrogen-bond donors (Lipinski definition) is 8. The van der Waals surface area contributed by atoms with Gasteiger partial charge in [-0.25, -0.2) is 0 Å². The van der Waals surface area contributed by atoms with Crippen molar-refractivity contribution in [3.05, 3.63) is 0 Å². The lowest BCUT2D eigenvalue weighted by molar-refractivity contribution is 6.59. The molecule has 0 heterocycles. The molecule has 0 atom stereocenters. The molecular weight excluding hydrogens is 257 g/mol. The van der Waals surface area contributed by atoms with E-state index in [0.717, 1.165) is 0 Å². The summed E-state index contributed by atoms with van der Waals surface area (Å²) < 4.78 is 0. The standard InChI is InChI=1S/4H2S2/c4*1-2/h4*1-2H. The van der Waals surface area contributed by atoms with E-state index in [0.29, 0.717) is 0 Å². The predicted octanol–water partition coefficient (Wildman–Crippen LogP) is 3.04. The van der Waals surface area contributed by atoms with Crippen LogP contribution in [0.1, 0.15) is 0 Å². The lowest BCUT2D eigenvalue weighted by atomic mass is 31.1. The van der Waals surface area contributed by atoms with Crippen LogP contribution in [-0.4, -0.2) is 0 Å². The Morgan fingerprint density at radius 3 is 0.250 bits per heavy atom. The van der Waals surface area contributed by atoms with Crippen molar-refractivity contribution in [2.24, 2.45) is 0 Å². The van der Waals surface area contributed by atoms with Gasteiger partial charge in [-0.05, 0) is 0 Å². The van der Waals surface area contributed by atoms with Crippen molar-refractivity contribution in [3.63, 3.8) is 0 Å². The summed E-state index contributed by atoms with van der Waals surface area (Å²) in [5, 5.41) is 0. The van der Waals surface area contributed by atoms with Crippen molar-refractivity contribution in [2.75, 3.05) is 0 Å². The molecule has 0 aliphatic carbocycles. The van der Waals surface area contributed by atoms with E-state index in [1.165, 1.54) is 0 Å². The first-order chi connectivity index (χ1) is 4.00. The van der Waals surface area contributed by atoms with Crippen LogP contribution in [0.5, 0.6) is 0 Å². The van der Waals surface area contributed by atoms with E-state index in [1.807, 2.05) is 0 Å². The van der Waals surface area contributed by atoms with E-state index >= 15 is 0 Å². The fourth-order valence-electron chi connectivity index (χ4n) is 0. The van der Waals surface area contributed by atoms with Gasteiger partial charge in [0.15, 0.2) is 0 Å². The van der Waals surface area contributed by atoms with Crippen LogP contribution < -0.4 is 0 Å². The smallest absolute Gasteiger partial charge is 0.115 e. The quantitative estimate of drug-likeness (QED) is 0.239. The molecule has 0 bridgehead atoms. The highest BCUT2D eigenvalue weighted by atomic mass is 33.1. The Bertz CT molecular complexity index is 0. The number of thiol groups is 8. The average Bonchev–Trinajstić information content (AvgIpc) is 2.03. The molecule has 56 valence electrons. The molecule has 0 rings (SSSR count). The van der Waals surface area contributed by atoms with E-state index in [1.54, 1.807) is 0 Å². The Labute approximate surface area is 92.2 Å². The molecule has 8 heteroatoms. The molecule has 8 heavy (non-hydrogen) atoms. The summed E-state index contributed by atoms with van der Waals surface area (Å²) in [6, 6.07) is 0. The first-order valence-corrected chi connectivity index (χ1v) is 7.20. The zero-order chi connectivity index (χ0) is 8.00. The molecule has 0 aliphatic rings. The topological polar surface area (TPSA) is 0 Å². The highest BCUT2D eigenvalue weighted by Crippen LogP contribution is 1.65. The van der Waals surface area contributed by atoms with Crippen molar-refractivity contribution in [2.45, 2.75) is 0 Å². The molecule has 0 spiro atoms. The normalized spacial score (nSPS) is 3.00. The minimum atomic E-state index is 3.22. The Hall–Kier alpha value is 2.80. The van der Waals surface area contributed by atoms with Crippen LogP contribution in [0.25, 0.3) is 0 Å². The molecule has 0 aromatic heterocycles. The van der Waals surface area contributed by atoms with E-state index in [-0.39, 0.29) is 0 Å². The van der Waals surface area contributed by atoms with Crippen molar-refractivity contribution in [3.8, 4) is 0 Å². The molecule has 0 fully saturated rings. The maximum atomic E-state index is 3.22. The Morgan fingerprint density at radius 1 is 0.250 bits per heavy atom. The van der Waals surface area contributed by atoms with Crippen molar-refractivity contribution in [1.82, 2.24) is 0 Å². The van der Waals surface area contributed by atoms with Crippen molar-refractivity contribution in [1.29, 1.82) is 0 Å². The van der Waals surface area contributed by atoms with Gasteiger partial charge in [0, 0.05) is 0 Å². The fourth-order valence-corrected chi connectivity index (χ4v) is 0. The number of hydrogen-bond acceptors (Lipinski definition) is 8. The molecule has 0 N–H and O–H groups in total. The van der Waals surface area contributed by atoms with Crippen LogP contribution in [-0.2, 0) is 0 Å². The third kappa shape index (κ3) is 68.3. The summed E-state index contributed by atoms with van der Waals surface area (Å²) in [6.07, 6.45) is 0. The summed E-state index contributed by atoms with van der Waals surface area (Å²) in [4.78, 5) is 0. The Kier molecular flexibility index (Phi) is 271. The van der Waals surface area contributed by atoms with Gasteiger partial charge < -0.3 is 0 Å². The van der Waals surface area contributed by atoms with Gasteiger partial charge in [0.1, 0.15) is 0 Å². The number of rotatable bonds is 0. The molecule has 0 aliphatic heterocycles.